The fourth-order valence-electron chi connectivity index (χ4n) is 4.96. The highest BCUT2D eigenvalue weighted by molar-refractivity contribution is 8.03. The maximum absolute atomic E-state index is 13.2. The molecule has 0 radical (unpaired) electrons. The number of carbonyl (C=O) groups is 5. The minimum absolute atomic E-state index is 0.00403. The van der Waals surface area contributed by atoms with Crippen molar-refractivity contribution in [3.63, 3.8) is 0 Å². The zero-order chi connectivity index (χ0) is 27.4. The number of hydrogen-bond acceptors (Lipinski definition) is 9. The molecule has 3 rings (SSSR count). The first-order chi connectivity index (χ1) is 17.4. The summed E-state index contributed by atoms with van der Waals surface area (Å²) in [5.74, 6) is -3.87. The summed E-state index contributed by atoms with van der Waals surface area (Å²) >= 11 is 1.40. The fourth-order valence-corrected chi connectivity index (χ4v) is 6.50. The average molecular weight is 540 g/mol. The Morgan fingerprint density at radius 2 is 1.97 bits per heavy atom. The topological polar surface area (TPSA) is 171 Å². The van der Waals surface area contributed by atoms with Gasteiger partial charge < -0.3 is 36.0 Å². The predicted octanol–water partition coefficient (Wildman–Crippen LogP) is -0.369. The molecule has 2 fully saturated rings. The number of likely N-dealkylation sites (tertiary alicyclic amines) is 1. The van der Waals surface area contributed by atoms with Gasteiger partial charge >= 0.3 is 17.8 Å². The molecule has 2 unspecified atom stereocenters. The fraction of sp³-hybridized carbons (Fsp3) is 0.708. The standard InChI is InChI=1S/C24H37N5O7S/c1-5-36-24(35)21(31)27-12(2)8-18(30)29-14(4)13(3)20(19(29)23(33)34)37-16-9-17(26-10-16)22(32)28-7-6-15(25)11-28/h12-17,26H,5-11,25H2,1-4H3,(H,27,31)(H,33,34)/t12-,13-,14+,15+,16?,17?/m1/s1. The molecule has 13 heteroatoms. The van der Waals surface area contributed by atoms with Crippen LogP contribution >= 0.6 is 11.8 Å². The van der Waals surface area contributed by atoms with Crippen LogP contribution in [0, 0.1) is 5.92 Å². The number of carboxylic acid groups (broad SMARTS) is 1. The van der Waals surface area contributed by atoms with Gasteiger partial charge in [-0.15, -0.1) is 11.8 Å². The average Bonchev–Trinajstić information content (AvgIpc) is 3.53. The molecule has 0 spiro atoms. The first-order valence-corrected chi connectivity index (χ1v) is 13.5. The molecule has 3 aliphatic heterocycles. The summed E-state index contributed by atoms with van der Waals surface area (Å²) in [4.78, 5) is 65.5. The number of amides is 3. The molecular formula is C24H37N5O7S. The predicted molar refractivity (Wildman–Crippen MR) is 136 cm³/mol. The van der Waals surface area contributed by atoms with Gasteiger partial charge in [0.05, 0.1) is 12.6 Å². The minimum Gasteiger partial charge on any atom is -0.477 e. The number of nitrogens with two attached hydrogens (primary N) is 1. The van der Waals surface area contributed by atoms with Crippen LogP contribution in [0.3, 0.4) is 0 Å². The molecule has 0 saturated carbocycles. The molecule has 206 valence electrons. The summed E-state index contributed by atoms with van der Waals surface area (Å²) in [5.41, 5.74) is 5.86. The van der Waals surface area contributed by atoms with Gasteiger partial charge in [0.1, 0.15) is 5.70 Å². The third-order valence-electron chi connectivity index (χ3n) is 7.03. The molecular weight excluding hydrogens is 502 g/mol. The van der Waals surface area contributed by atoms with Crippen LogP contribution in [0.15, 0.2) is 10.6 Å². The van der Waals surface area contributed by atoms with Crippen molar-refractivity contribution in [2.45, 2.75) is 76.4 Å². The SMILES string of the molecule is CCOC(=O)C(=O)N[C@H](C)CC(=O)N1C(C(=O)O)=C(SC2CNC(C(=O)N3CC[C@H](N)C3)C2)[C@H](C)[C@@H]1C. The van der Waals surface area contributed by atoms with E-state index in [0.717, 1.165) is 6.42 Å². The number of esters is 1. The van der Waals surface area contributed by atoms with E-state index in [2.05, 4.69) is 15.4 Å². The van der Waals surface area contributed by atoms with Gasteiger partial charge in [-0.3, -0.25) is 14.4 Å². The number of carboxylic acids is 1. The van der Waals surface area contributed by atoms with Crippen LogP contribution in [0.2, 0.25) is 0 Å². The van der Waals surface area contributed by atoms with Crippen molar-refractivity contribution in [2.24, 2.45) is 11.7 Å². The summed E-state index contributed by atoms with van der Waals surface area (Å²) in [6, 6.07) is -1.45. The van der Waals surface area contributed by atoms with Crippen LogP contribution in [0.25, 0.3) is 0 Å². The van der Waals surface area contributed by atoms with Crippen molar-refractivity contribution in [1.29, 1.82) is 0 Å². The quantitative estimate of drug-likeness (QED) is 0.236. The molecule has 3 heterocycles. The molecule has 6 atom stereocenters. The van der Waals surface area contributed by atoms with Crippen molar-refractivity contribution in [3.05, 3.63) is 10.6 Å². The highest BCUT2D eigenvalue weighted by Gasteiger charge is 2.44. The maximum atomic E-state index is 13.2. The number of carbonyl (C=O) groups excluding carboxylic acids is 4. The highest BCUT2D eigenvalue weighted by Crippen LogP contribution is 2.44. The van der Waals surface area contributed by atoms with Gasteiger partial charge in [0, 0.05) is 60.3 Å². The van der Waals surface area contributed by atoms with Crippen LogP contribution in [0.1, 0.15) is 47.0 Å². The van der Waals surface area contributed by atoms with E-state index in [1.807, 2.05) is 6.92 Å². The monoisotopic (exact) mass is 539 g/mol. The Labute approximate surface area is 220 Å². The smallest absolute Gasteiger partial charge is 0.396 e. The Hall–Kier alpha value is -2.64. The Morgan fingerprint density at radius 1 is 1.27 bits per heavy atom. The maximum Gasteiger partial charge on any atom is 0.396 e. The van der Waals surface area contributed by atoms with Crippen molar-refractivity contribution in [1.82, 2.24) is 20.4 Å². The summed E-state index contributed by atoms with van der Waals surface area (Å²) in [6.07, 6.45) is 1.16. The molecule has 0 aromatic rings. The lowest BCUT2D eigenvalue weighted by molar-refractivity contribution is -0.155. The number of rotatable bonds is 8. The zero-order valence-electron chi connectivity index (χ0n) is 21.7. The third-order valence-corrected chi connectivity index (χ3v) is 8.54. The van der Waals surface area contributed by atoms with Crippen LogP contribution in [-0.2, 0) is 28.7 Å². The highest BCUT2D eigenvalue weighted by atomic mass is 32.2. The number of aliphatic carboxylic acids is 1. The van der Waals surface area contributed by atoms with Gasteiger partial charge in [0.25, 0.3) is 0 Å². The second-order valence-electron chi connectivity index (χ2n) is 9.88. The van der Waals surface area contributed by atoms with Gasteiger partial charge in [0.15, 0.2) is 0 Å². The summed E-state index contributed by atoms with van der Waals surface area (Å²) in [7, 11) is 0. The molecule has 12 nitrogen and oxygen atoms in total. The molecule has 0 aromatic carbocycles. The third kappa shape index (κ3) is 6.63. The normalized spacial score (nSPS) is 28.4. The lowest BCUT2D eigenvalue weighted by Gasteiger charge is -2.26. The van der Waals surface area contributed by atoms with Gasteiger partial charge in [-0.1, -0.05) is 6.92 Å². The van der Waals surface area contributed by atoms with Crippen LogP contribution < -0.4 is 16.4 Å². The molecule has 5 N–H and O–H groups in total. The first-order valence-electron chi connectivity index (χ1n) is 12.7. The van der Waals surface area contributed by atoms with E-state index in [0.29, 0.717) is 31.0 Å². The number of nitrogens with one attached hydrogen (secondary N) is 2. The van der Waals surface area contributed by atoms with Crippen molar-refractivity contribution in [2.75, 3.05) is 26.2 Å². The number of nitrogens with zero attached hydrogens (tertiary/aromatic N) is 2. The van der Waals surface area contributed by atoms with Crippen LogP contribution in [-0.4, -0.2) is 100 Å². The van der Waals surface area contributed by atoms with Crippen molar-refractivity contribution in [3.8, 4) is 0 Å². The molecule has 3 amide bonds. The minimum atomic E-state index is -1.21. The molecule has 2 saturated heterocycles. The van der Waals surface area contributed by atoms with Crippen LogP contribution in [0.4, 0.5) is 0 Å². The van der Waals surface area contributed by atoms with E-state index in [9.17, 15) is 29.1 Å². The van der Waals surface area contributed by atoms with Gasteiger partial charge in [-0.05, 0) is 33.6 Å². The molecule has 0 aromatic heterocycles. The molecule has 0 bridgehead atoms. The molecule has 37 heavy (non-hydrogen) atoms. The summed E-state index contributed by atoms with van der Waals surface area (Å²) in [5, 5.41) is 15.7. The van der Waals surface area contributed by atoms with E-state index in [4.69, 9.17) is 5.73 Å². The van der Waals surface area contributed by atoms with E-state index in [1.165, 1.54) is 16.7 Å². The summed E-state index contributed by atoms with van der Waals surface area (Å²) in [6.45, 7) is 8.60. The second-order valence-corrected chi connectivity index (χ2v) is 11.2. The largest absolute Gasteiger partial charge is 0.477 e. The zero-order valence-corrected chi connectivity index (χ0v) is 22.5. The van der Waals surface area contributed by atoms with E-state index < -0.39 is 35.8 Å². The number of ether oxygens (including phenoxy) is 1. The molecule has 0 aliphatic carbocycles. The Balaban J connectivity index is 1.67. The summed E-state index contributed by atoms with van der Waals surface area (Å²) < 4.78 is 4.65. The number of hydrogen-bond donors (Lipinski definition) is 4. The Kier molecular flexibility index (Phi) is 9.59. The second kappa shape index (κ2) is 12.3. The van der Waals surface area contributed by atoms with E-state index >= 15 is 0 Å². The van der Waals surface area contributed by atoms with E-state index in [-0.39, 0.29) is 47.9 Å². The van der Waals surface area contributed by atoms with Gasteiger partial charge in [0.2, 0.25) is 11.8 Å². The van der Waals surface area contributed by atoms with Crippen molar-refractivity contribution >= 4 is 41.4 Å². The van der Waals surface area contributed by atoms with Crippen LogP contribution in [0.5, 0.6) is 0 Å². The van der Waals surface area contributed by atoms with Crippen molar-refractivity contribution < 1.29 is 33.8 Å². The van der Waals surface area contributed by atoms with Gasteiger partial charge in [-0.25, -0.2) is 9.59 Å². The number of thioether (sulfide) groups is 1. The molecule has 3 aliphatic rings. The lowest BCUT2D eigenvalue weighted by atomic mass is 10.1. The lowest BCUT2D eigenvalue weighted by Crippen LogP contribution is -2.44. The Morgan fingerprint density at radius 3 is 2.57 bits per heavy atom. The Bertz CT molecular complexity index is 973. The van der Waals surface area contributed by atoms with E-state index in [1.54, 1.807) is 25.7 Å². The van der Waals surface area contributed by atoms with Gasteiger partial charge in [-0.2, -0.15) is 0 Å². The first kappa shape index (κ1) is 28.9.